The van der Waals surface area contributed by atoms with Crippen molar-refractivity contribution in [2.24, 2.45) is 0 Å². The van der Waals surface area contributed by atoms with Crippen LogP contribution in [0, 0.1) is 20.8 Å². The Balaban J connectivity index is 3.34. The molecule has 0 fully saturated rings. The summed E-state index contributed by atoms with van der Waals surface area (Å²) in [5, 5.41) is 9.12. The lowest BCUT2D eigenvalue weighted by Gasteiger charge is -2.19. The molecule has 1 rings (SSSR count). The standard InChI is InChI=1S/C13H22N2O3S/c1-5-11(7-16)15-19(17,18)13-9(3)6-8(2)12(14)10(13)4/h6,11,15-16H,5,7,14H2,1-4H3. The van der Waals surface area contributed by atoms with Crippen LogP contribution in [0.25, 0.3) is 0 Å². The van der Waals surface area contributed by atoms with Crippen molar-refractivity contribution in [1.82, 2.24) is 4.72 Å². The number of aliphatic hydroxyl groups excluding tert-OH is 1. The predicted molar refractivity (Wildman–Crippen MR) is 76.6 cm³/mol. The van der Waals surface area contributed by atoms with Gasteiger partial charge >= 0.3 is 0 Å². The highest BCUT2D eigenvalue weighted by Gasteiger charge is 2.24. The van der Waals surface area contributed by atoms with E-state index in [1.54, 1.807) is 19.9 Å². The third-order valence-corrected chi connectivity index (χ3v) is 5.07. The van der Waals surface area contributed by atoms with E-state index in [1.165, 1.54) is 0 Å². The summed E-state index contributed by atoms with van der Waals surface area (Å²) in [5.74, 6) is 0. The second-order valence-electron chi connectivity index (χ2n) is 4.79. The van der Waals surface area contributed by atoms with Crippen molar-refractivity contribution in [2.75, 3.05) is 12.3 Å². The zero-order valence-electron chi connectivity index (χ0n) is 11.8. The minimum Gasteiger partial charge on any atom is -0.398 e. The maximum absolute atomic E-state index is 12.4. The first kappa shape index (κ1) is 15.9. The number of nitrogen functional groups attached to an aromatic ring is 1. The number of anilines is 1. The third-order valence-electron chi connectivity index (χ3n) is 3.26. The van der Waals surface area contributed by atoms with Gasteiger partial charge in [-0.25, -0.2) is 13.1 Å². The molecule has 1 aromatic rings. The SMILES string of the molecule is CCC(CO)NS(=O)(=O)c1c(C)cc(C)c(N)c1C. The second kappa shape index (κ2) is 5.90. The smallest absolute Gasteiger partial charge is 0.241 e. The van der Waals surface area contributed by atoms with Gasteiger partial charge in [0.15, 0.2) is 0 Å². The molecule has 0 heterocycles. The molecule has 4 N–H and O–H groups in total. The van der Waals surface area contributed by atoms with Gasteiger partial charge in [0.25, 0.3) is 0 Å². The summed E-state index contributed by atoms with van der Waals surface area (Å²) in [5.41, 5.74) is 8.47. The van der Waals surface area contributed by atoms with E-state index in [4.69, 9.17) is 10.8 Å². The Morgan fingerprint density at radius 1 is 1.32 bits per heavy atom. The van der Waals surface area contributed by atoms with E-state index in [1.807, 2.05) is 13.8 Å². The highest BCUT2D eigenvalue weighted by Crippen LogP contribution is 2.28. The van der Waals surface area contributed by atoms with Crippen molar-refractivity contribution < 1.29 is 13.5 Å². The summed E-state index contributed by atoms with van der Waals surface area (Å²) in [7, 11) is -3.67. The number of sulfonamides is 1. The fourth-order valence-electron chi connectivity index (χ4n) is 2.12. The minimum atomic E-state index is -3.67. The molecule has 19 heavy (non-hydrogen) atoms. The Bertz CT molecular complexity index is 564. The van der Waals surface area contributed by atoms with E-state index in [0.717, 1.165) is 5.56 Å². The number of aliphatic hydroxyl groups is 1. The molecule has 0 spiro atoms. The zero-order chi connectivity index (χ0) is 14.8. The van der Waals surface area contributed by atoms with Crippen LogP contribution in [0.2, 0.25) is 0 Å². The molecule has 0 aliphatic carbocycles. The number of hydrogen-bond donors (Lipinski definition) is 3. The van der Waals surface area contributed by atoms with Crippen LogP contribution in [0.3, 0.4) is 0 Å². The van der Waals surface area contributed by atoms with Gasteiger partial charge in [0.05, 0.1) is 11.5 Å². The molecular weight excluding hydrogens is 264 g/mol. The van der Waals surface area contributed by atoms with E-state index in [2.05, 4.69) is 4.72 Å². The quantitative estimate of drug-likeness (QED) is 0.710. The topological polar surface area (TPSA) is 92.4 Å². The molecule has 0 saturated carbocycles. The van der Waals surface area contributed by atoms with Gasteiger partial charge in [-0.15, -0.1) is 0 Å². The van der Waals surface area contributed by atoms with Crippen LogP contribution in [-0.4, -0.2) is 26.2 Å². The zero-order valence-corrected chi connectivity index (χ0v) is 12.6. The van der Waals surface area contributed by atoms with Gasteiger partial charge in [0, 0.05) is 11.7 Å². The lowest BCUT2D eigenvalue weighted by atomic mass is 10.1. The van der Waals surface area contributed by atoms with Crippen molar-refractivity contribution in [3.05, 3.63) is 22.8 Å². The molecule has 1 aromatic carbocycles. The van der Waals surface area contributed by atoms with E-state index in [0.29, 0.717) is 23.2 Å². The van der Waals surface area contributed by atoms with Crippen molar-refractivity contribution in [1.29, 1.82) is 0 Å². The maximum atomic E-state index is 12.4. The largest absolute Gasteiger partial charge is 0.398 e. The summed E-state index contributed by atoms with van der Waals surface area (Å²) in [4.78, 5) is 0.211. The summed E-state index contributed by atoms with van der Waals surface area (Å²) < 4.78 is 27.3. The third kappa shape index (κ3) is 3.26. The first-order valence-corrected chi connectivity index (χ1v) is 7.72. The van der Waals surface area contributed by atoms with Gasteiger partial charge in [0.2, 0.25) is 10.0 Å². The summed E-state index contributed by atoms with van der Waals surface area (Å²) >= 11 is 0. The fourth-order valence-corrected chi connectivity index (χ4v) is 3.92. The normalized spacial score (nSPS) is 13.5. The highest BCUT2D eigenvalue weighted by atomic mass is 32.2. The van der Waals surface area contributed by atoms with E-state index in [9.17, 15) is 8.42 Å². The summed E-state index contributed by atoms with van der Waals surface area (Å²) in [6, 6.07) is 1.28. The van der Waals surface area contributed by atoms with Crippen LogP contribution in [-0.2, 0) is 10.0 Å². The number of rotatable bonds is 5. The first-order chi connectivity index (χ1) is 8.74. The van der Waals surface area contributed by atoms with Crippen LogP contribution >= 0.6 is 0 Å². The highest BCUT2D eigenvalue weighted by molar-refractivity contribution is 7.89. The first-order valence-electron chi connectivity index (χ1n) is 6.24. The molecule has 0 amide bonds. The number of aryl methyl sites for hydroxylation is 2. The molecule has 0 aromatic heterocycles. The van der Waals surface area contributed by atoms with Crippen molar-refractivity contribution in [3.8, 4) is 0 Å². The molecule has 1 unspecified atom stereocenters. The van der Waals surface area contributed by atoms with Crippen LogP contribution in [0.1, 0.15) is 30.0 Å². The van der Waals surface area contributed by atoms with Crippen molar-refractivity contribution in [2.45, 2.75) is 45.1 Å². The number of hydrogen-bond acceptors (Lipinski definition) is 4. The van der Waals surface area contributed by atoms with Gasteiger partial charge < -0.3 is 10.8 Å². The molecule has 0 saturated heterocycles. The van der Waals surface area contributed by atoms with Crippen LogP contribution in [0.5, 0.6) is 0 Å². The van der Waals surface area contributed by atoms with Crippen LogP contribution in [0.4, 0.5) is 5.69 Å². The number of nitrogens with two attached hydrogens (primary N) is 1. The van der Waals surface area contributed by atoms with E-state index < -0.39 is 16.1 Å². The molecule has 0 aliphatic rings. The van der Waals surface area contributed by atoms with Gasteiger partial charge in [-0.3, -0.25) is 0 Å². The Hall–Kier alpha value is -1.11. The van der Waals surface area contributed by atoms with E-state index >= 15 is 0 Å². The Morgan fingerprint density at radius 2 is 1.89 bits per heavy atom. The molecule has 6 heteroatoms. The fraction of sp³-hybridized carbons (Fsp3) is 0.538. The second-order valence-corrected chi connectivity index (χ2v) is 6.44. The molecule has 0 bridgehead atoms. The molecule has 0 aliphatic heterocycles. The monoisotopic (exact) mass is 286 g/mol. The average molecular weight is 286 g/mol. The number of nitrogens with one attached hydrogen (secondary N) is 1. The Labute approximate surface area is 114 Å². The van der Waals surface area contributed by atoms with Gasteiger partial charge in [-0.1, -0.05) is 13.0 Å². The minimum absolute atomic E-state index is 0.211. The Kier molecular flexibility index (Phi) is 4.95. The molecule has 0 radical (unpaired) electrons. The lowest BCUT2D eigenvalue weighted by Crippen LogP contribution is -2.37. The Morgan fingerprint density at radius 3 is 2.37 bits per heavy atom. The van der Waals surface area contributed by atoms with Gasteiger partial charge in [-0.2, -0.15) is 0 Å². The van der Waals surface area contributed by atoms with E-state index in [-0.39, 0.29) is 11.5 Å². The molecule has 1 atom stereocenters. The summed E-state index contributed by atoms with van der Waals surface area (Å²) in [6.07, 6.45) is 0.523. The van der Waals surface area contributed by atoms with Crippen LogP contribution in [0.15, 0.2) is 11.0 Å². The summed E-state index contributed by atoms with van der Waals surface area (Å²) in [6.45, 7) is 6.88. The number of benzene rings is 1. The van der Waals surface area contributed by atoms with Crippen molar-refractivity contribution >= 4 is 15.7 Å². The molecular formula is C13H22N2O3S. The maximum Gasteiger partial charge on any atom is 0.241 e. The average Bonchev–Trinajstić information content (AvgIpc) is 2.32. The van der Waals surface area contributed by atoms with Gasteiger partial charge in [0.1, 0.15) is 0 Å². The lowest BCUT2D eigenvalue weighted by molar-refractivity contribution is 0.254. The predicted octanol–water partition coefficient (Wildman–Crippen LogP) is 1.24. The van der Waals surface area contributed by atoms with Crippen LogP contribution < -0.4 is 10.5 Å². The molecule has 5 nitrogen and oxygen atoms in total. The van der Waals surface area contributed by atoms with Gasteiger partial charge in [-0.05, 0) is 43.9 Å². The molecule has 108 valence electrons. The van der Waals surface area contributed by atoms with Crippen molar-refractivity contribution in [3.63, 3.8) is 0 Å².